The molecule has 0 radical (unpaired) electrons. The van der Waals surface area contributed by atoms with Crippen LogP contribution in [-0.2, 0) is 6.42 Å². The van der Waals surface area contributed by atoms with Crippen molar-refractivity contribution in [3.63, 3.8) is 0 Å². The summed E-state index contributed by atoms with van der Waals surface area (Å²) in [5.41, 5.74) is 1.84. The molecule has 1 N–H and O–H groups in total. The number of aliphatic hydroxyl groups excluding tert-OH is 1. The van der Waals surface area contributed by atoms with Gasteiger partial charge in [0.05, 0.1) is 6.10 Å². The lowest BCUT2D eigenvalue weighted by Crippen LogP contribution is -2.01. The lowest BCUT2D eigenvalue weighted by atomic mass is 10.0. The van der Waals surface area contributed by atoms with E-state index in [1.807, 2.05) is 24.3 Å². The van der Waals surface area contributed by atoms with Gasteiger partial charge in [0.1, 0.15) is 0 Å². The maximum atomic E-state index is 10.0. The van der Waals surface area contributed by atoms with Gasteiger partial charge in [0.25, 0.3) is 0 Å². The monoisotopic (exact) mass is 233 g/mol. The molecule has 2 rings (SSSR count). The normalized spacial score (nSPS) is 12.4. The lowest BCUT2D eigenvalue weighted by molar-refractivity contribution is 0.178. The van der Waals surface area contributed by atoms with Gasteiger partial charge in [0, 0.05) is 23.8 Å². The summed E-state index contributed by atoms with van der Waals surface area (Å²) in [5, 5.41) is 10.7. The van der Waals surface area contributed by atoms with E-state index in [1.165, 1.54) is 0 Å². The van der Waals surface area contributed by atoms with Crippen molar-refractivity contribution in [1.82, 2.24) is 4.98 Å². The van der Waals surface area contributed by atoms with Gasteiger partial charge in [0.15, 0.2) is 0 Å². The Hall–Kier alpha value is -1.38. The van der Waals surface area contributed by atoms with E-state index in [4.69, 9.17) is 11.6 Å². The fourth-order valence-corrected chi connectivity index (χ4v) is 1.77. The average molecular weight is 234 g/mol. The summed E-state index contributed by atoms with van der Waals surface area (Å²) in [6, 6.07) is 11.1. The number of benzene rings is 1. The number of hydrogen-bond acceptors (Lipinski definition) is 2. The molecule has 82 valence electrons. The molecular formula is C13H12ClNO. The van der Waals surface area contributed by atoms with Gasteiger partial charge in [-0.25, -0.2) is 0 Å². The quantitative estimate of drug-likeness (QED) is 0.884. The van der Waals surface area contributed by atoms with E-state index >= 15 is 0 Å². The minimum atomic E-state index is -0.539. The Labute approximate surface area is 99.5 Å². The van der Waals surface area contributed by atoms with Crippen molar-refractivity contribution in [2.45, 2.75) is 12.5 Å². The highest BCUT2D eigenvalue weighted by molar-refractivity contribution is 6.30. The van der Waals surface area contributed by atoms with Crippen molar-refractivity contribution >= 4 is 11.6 Å². The molecule has 0 aliphatic carbocycles. The Balaban J connectivity index is 2.12. The van der Waals surface area contributed by atoms with Gasteiger partial charge in [-0.1, -0.05) is 29.8 Å². The molecular weight excluding hydrogens is 222 g/mol. The summed E-state index contributed by atoms with van der Waals surface area (Å²) in [4.78, 5) is 4.01. The highest BCUT2D eigenvalue weighted by atomic mass is 35.5. The summed E-state index contributed by atoms with van der Waals surface area (Å²) >= 11 is 5.87. The van der Waals surface area contributed by atoms with E-state index in [9.17, 15) is 5.11 Å². The number of hydrogen-bond donors (Lipinski definition) is 1. The third-order valence-electron chi connectivity index (χ3n) is 2.39. The standard InChI is InChI=1S/C13H12ClNO/c14-12-5-1-4-11(8-12)13(16)7-10-3-2-6-15-9-10/h1-6,8-9,13,16H,7H2. The molecule has 0 fully saturated rings. The van der Waals surface area contributed by atoms with Crippen molar-refractivity contribution in [2.75, 3.05) is 0 Å². The van der Waals surface area contributed by atoms with E-state index in [0.717, 1.165) is 11.1 Å². The number of aromatic nitrogens is 1. The van der Waals surface area contributed by atoms with E-state index in [-0.39, 0.29) is 0 Å². The minimum absolute atomic E-state index is 0.539. The molecule has 1 aromatic heterocycles. The topological polar surface area (TPSA) is 33.1 Å². The van der Waals surface area contributed by atoms with Crippen molar-refractivity contribution in [3.8, 4) is 0 Å². The predicted octanol–water partition coefficient (Wildman–Crippen LogP) is 3.01. The van der Waals surface area contributed by atoms with Gasteiger partial charge in [-0.15, -0.1) is 0 Å². The number of nitrogens with zero attached hydrogens (tertiary/aromatic N) is 1. The Morgan fingerprint density at radius 2 is 2.12 bits per heavy atom. The molecule has 0 aliphatic rings. The molecule has 0 aliphatic heterocycles. The summed E-state index contributed by atoms with van der Waals surface area (Å²) < 4.78 is 0. The van der Waals surface area contributed by atoms with Crippen molar-refractivity contribution in [1.29, 1.82) is 0 Å². The third-order valence-corrected chi connectivity index (χ3v) is 2.62. The summed E-state index contributed by atoms with van der Waals surface area (Å²) in [6.45, 7) is 0. The first-order valence-electron chi connectivity index (χ1n) is 5.08. The number of pyridine rings is 1. The van der Waals surface area contributed by atoms with Gasteiger partial charge >= 0.3 is 0 Å². The Morgan fingerprint density at radius 3 is 2.81 bits per heavy atom. The zero-order valence-electron chi connectivity index (χ0n) is 8.68. The number of halogens is 1. The van der Waals surface area contributed by atoms with Crippen LogP contribution in [0.2, 0.25) is 5.02 Å². The van der Waals surface area contributed by atoms with Gasteiger partial charge in [-0.2, -0.15) is 0 Å². The highest BCUT2D eigenvalue weighted by Crippen LogP contribution is 2.20. The second-order valence-electron chi connectivity index (χ2n) is 3.64. The largest absolute Gasteiger partial charge is 0.388 e. The maximum absolute atomic E-state index is 10.0. The van der Waals surface area contributed by atoms with Crippen molar-refractivity contribution in [3.05, 3.63) is 64.9 Å². The highest BCUT2D eigenvalue weighted by Gasteiger charge is 2.08. The molecule has 0 spiro atoms. The molecule has 0 saturated carbocycles. The van der Waals surface area contributed by atoms with Crippen molar-refractivity contribution < 1.29 is 5.11 Å². The molecule has 1 atom stereocenters. The second-order valence-corrected chi connectivity index (χ2v) is 4.07. The first kappa shape index (κ1) is 11.1. The molecule has 1 aromatic carbocycles. The average Bonchev–Trinajstić information content (AvgIpc) is 2.30. The van der Waals surface area contributed by atoms with Gasteiger partial charge in [-0.05, 0) is 29.3 Å². The molecule has 1 heterocycles. The summed E-state index contributed by atoms with van der Waals surface area (Å²) in [5.74, 6) is 0. The van der Waals surface area contributed by atoms with Crippen LogP contribution in [-0.4, -0.2) is 10.1 Å². The first-order chi connectivity index (χ1) is 7.75. The predicted molar refractivity (Wildman–Crippen MR) is 64.4 cm³/mol. The van der Waals surface area contributed by atoms with Crippen LogP contribution in [0.3, 0.4) is 0 Å². The zero-order chi connectivity index (χ0) is 11.4. The van der Waals surface area contributed by atoms with Crippen LogP contribution in [0.4, 0.5) is 0 Å². The molecule has 2 nitrogen and oxygen atoms in total. The molecule has 2 aromatic rings. The fourth-order valence-electron chi connectivity index (χ4n) is 1.57. The van der Waals surface area contributed by atoms with Crippen LogP contribution >= 0.6 is 11.6 Å². The fraction of sp³-hybridized carbons (Fsp3) is 0.154. The van der Waals surface area contributed by atoms with E-state index in [0.29, 0.717) is 11.4 Å². The first-order valence-corrected chi connectivity index (χ1v) is 5.46. The summed E-state index contributed by atoms with van der Waals surface area (Å²) in [6.07, 6.45) is 3.49. The molecule has 0 bridgehead atoms. The number of rotatable bonds is 3. The minimum Gasteiger partial charge on any atom is -0.388 e. The van der Waals surface area contributed by atoms with Crippen LogP contribution in [0.5, 0.6) is 0 Å². The lowest BCUT2D eigenvalue weighted by Gasteiger charge is -2.10. The molecule has 3 heteroatoms. The van der Waals surface area contributed by atoms with E-state index in [1.54, 1.807) is 24.5 Å². The summed E-state index contributed by atoms with van der Waals surface area (Å²) in [7, 11) is 0. The van der Waals surface area contributed by atoms with E-state index in [2.05, 4.69) is 4.98 Å². The van der Waals surface area contributed by atoms with E-state index < -0.39 is 6.10 Å². The smallest absolute Gasteiger partial charge is 0.0831 e. The van der Waals surface area contributed by atoms with Crippen LogP contribution in [0, 0.1) is 0 Å². The maximum Gasteiger partial charge on any atom is 0.0831 e. The van der Waals surface area contributed by atoms with Gasteiger partial charge in [-0.3, -0.25) is 4.98 Å². The molecule has 16 heavy (non-hydrogen) atoms. The van der Waals surface area contributed by atoms with Gasteiger partial charge in [0.2, 0.25) is 0 Å². The van der Waals surface area contributed by atoms with Crippen LogP contribution in [0.25, 0.3) is 0 Å². The number of aliphatic hydroxyl groups is 1. The van der Waals surface area contributed by atoms with Crippen LogP contribution in [0.15, 0.2) is 48.8 Å². The van der Waals surface area contributed by atoms with Crippen LogP contribution < -0.4 is 0 Å². The molecule has 0 saturated heterocycles. The van der Waals surface area contributed by atoms with Gasteiger partial charge < -0.3 is 5.11 Å². The Bertz CT molecular complexity index is 458. The zero-order valence-corrected chi connectivity index (χ0v) is 9.43. The molecule has 1 unspecified atom stereocenters. The second kappa shape index (κ2) is 5.10. The molecule has 0 amide bonds. The third kappa shape index (κ3) is 2.81. The van der Waals surface area contributed by atoms with Crippen molar-refractivity contribution in [2.24, 2.45) is 0 Å². The van der Waals surface area contributed by atoms with Crippen LogP contribution in [0.1, 0.15) is 17.2 Å². The Morgan fingerprint density at radius 1 is 1.25 bits per heavy atom. The SMILES string of the molecule is OC(Cc1cccnc1)c1cccc(Cl)c1. The Kier molecular flexibility index (Phi) is 3.54.